The van der Waals surface area contributed by atoms with Gasteiger partial charge in [-0.05, 0) is 14.0 Å². The van der Waals surface area contributed by atoms with Crippen molar-refractivity contribution < 1.29 is 9.59 Å². The molecule has 0 radical (unpaired) electrons. The summed E-state index contributed by atoms with van der Waals surface area (Å²) in [5.74, 6) is -0.00159. The number of hydrogen-bond acceptors (Lipinski definition) is 4. The first-order valence-corrected chi connectivity index (χ1v) is 6.75. The summed E-state index contributed by atoms with van der Waals surface area (Å²) in [7, 11) is 3.54. The molecular formula is C12H24N4O2S. The summed E-state index contributed by atoms with van der Waals surface area (Å²) in [6.07, 6.45) is 0.913. The average Bonchev–Trinajstić information content (AvgIpc) is 2.33. The topological polar surface area (TPSA) is 78.7 Å². The molecule has 0 aliphatic heterocycles. The fourth-order valence-corrected chi connectivity index (χ4v) is 1.55. The van der Waals surface area contributed by atoms with E-state index < -0.39 is 0 Å². The minimum absolute atomic E-state index is 0.0269. The second-order valence-corrected chi connectivity index (χ2v) is 5.00. The van der Waals surface area contributed by atoms with Gasteiger partial charge in [0.05, 0.1) is 11.5 Å². The maximum Gasteiger partial charge on any atom is 0.234 e. The van der Waals surface area contributed by atoms with E-state index in [9.17, 15) is 9.59 Å². The van der Waals surface area contributed by atoms with Crippen molar-refractivity contribution in [1.82, 2.24) is 15.1 Å². The van der Waals surface area contributed by atoms with Crippen LogP contribution in [0.2, 0.25) is 0 Å². The van der Waals surface area contributed by atoms with Crippen molar-refractivity contribution in [3.05, 3.63) is 0 Å². The summed E-state index contributed by atoms with van der Waals surface area (Å²) in [6, 6.07) is 0. The fourth-order valence-electron chi connectivity index (χ4n) is 1.46. The molecule has 0 aliphatic rings. The number of likely N-dealkylation sites (N-methyl/N-ethyl adjacent to an activating group) is 2. The molecule has 3 N–H and O–H groups in total. The van der Waals surface area contributed by atoms with Crippen molar-refractivity contribution in [2.24, 2.45) is 5.73 Å². The minimum Gasteiger partial charge on any atom is -0.393 e. The summed E-state index contributed by atoms with van der Waals surface area (Å²) in [5.41, 5.74) is 5.39. The molecule has 0 fully saturated rings. The highest BCUT2D eigenvalue weighted by molar-refractivity contribution is 7.80. The van der Waals surface area contributed by atoms with Gasteiger partial charge >= 0.3 is 0 Å². The highest BCUT2D eigenvalue weighted by Gasteiger charge is 2.11. The molecule has 0 aromatic carbocycles. The van der Waals surface area contributed by atoms with Gasteiger partial charge in [-0.2, -0.15) is 0 Å². The molecule has 0 aromatic heterocycles. The van der Waals surface area contributed by atoms with E-state index in [0.717, 1.165) is 0 Å². The van der Waals surface area contributed by atoms with Crippen LogP contribution in [0.4, 0.5) is 0 Å². The molecule has 0 saturated carbocycles. The van der Waals surface area contributed by atoms with E-state index in [0.29, 0.717) is 44.0 Å². The van der Waals surface area contributed by atoms with Crippen LogP contribution >= 0.6 is 12.2 Å². The molecule has 0 unspecified atom stereocenters. The zero-order valence-electron chi connectivity index (χ0n) is 11.9. The number of thiocarbonyl (C=S) groups is 1. The number of carbonyl (C=O) groups excluding carboxylic acids is 2. The van der Waals surface area contributed by atoms with Crippen LogP contribution in [-0.2, 0) is 9.59 Å². The molecule has 2 amide bonds. The molecule has 0 spiro atoms. The van der Waals surface area contributed by atoms with E-state index in [1.54, 1.807) is 11.9 Å². The largest absolute Gasteiger partial charge is 0.393 e. The van der Waals surface area contributed by atoms with Crippen LogP contribution < -0.4 is 11.1 Å². The molecule has 0 aliphatic carbocycles. The Balaban J connectivity index is 3.88. The van der Waals surface area contributed by atoms with E-state index in [2.05, 4.69) is 5.32 Å². The Hall–Kier alpha value is -1.21. The lowest BCUT2D eigenvalue weighted by molar-refractivity contribution is -0.130. The zero-order chi connectivity index (χ0) is 14.8. The van der Waals surface area contributed by atoms with Gasteiger partial charge in [-0.25, -0.2) is 0 Å². The normalized spacial score (nSPS) is 10.3. The second-order valence-electron chi connectivity index (χ2n) is 4.47. The first-order chi connectivity index (χ1) is 8.86. The Kier molecular flexibility index (Phi) is 9.07. The maximum absolute atomic E-state index is 11.8. The number of carbonyl (C=O) groups is 2. The molecule has 6 nitrogen and oxygen atoms in total. The molecule has 110 valence electrons. The third-order valence-electron chi connectivity index (χ3n) is 2.61. The quantitative estimate of drug-likeness (QED) is 0.563. The lowest BCUT2D eigenvalue weighted by atomic mass is 10.3. The first kappa shape index (κ1) is 17.8. The maximum atomic E-state index is 11.8. The van der Waals surface area contributed by atoms with E-state index in [4.69, 9.17) is 18.0 Å². The van der Waals surface area contributed by atoms with Gasteiger partial charge in [-0.1, -0.05) is 12.2 Å². The van der Waals surface area contributed by atoms with E-state index in [1.807, 2.05) is 18.9 Å². The lowest BCUT2D eigenvalue weighted by Crippen LogP contribution is -2.37. The van der Waals surface area contributed by atoms with Crippen molar-refractivity contribution in [2.75, 3.05) is 40.3 Å². The zero-order valence-corrected chi connectivity index (χ0v) is 12.8. The molecule has 0 bridgehead atoms. The number of nitrogens with zero attached hydrogens (tertiary/aromatic N) is 2. The van der Waals surface area contributed by atoms with Crippen LogP contribution in [0, 0.1) is 0 Å². The molecule has 0 heterocycles. The highest BCUT2D eigenvalue weighted by atomic mass is 32.1. The number of nitrogens with two attached hydrogens (primary N) is 1. The van der Waals surface area contributed by atoms with Gasteiger partial charge in [0.2, 0.25) is 11.8 Å². The average molecular weight is 288 g/mol. The second kappa shape index (κ2) is 9.69. The molecule has 0 rings (SSSR count). The number of hydrogen-bond donors (Lipinski definition) is 2. The third-order valence-corrected chi connectivity index (χ3v) is 2.82. The molecule has 19 heavy (non-hydrogen) atoms. The smallest absolute Gasteiger partial charge is 0.234 e. The predicted octanol–water partition coefficient (Wildman–Crippen LogP) is -0.421. The van der Waals surface area contributed by atoms with Crippen LogP contribution in [0.15, 0.2) is 0 Å². The predicted molar refractivity (Wildman–Crippen MR) is 79.8 cm³/mol. The lowest BCUT2D eigenvalue weighted by Gasteiger charge is -2.20. The van der Waals surface area contributed by atoms with Crippen LogP contribution in [0.5, 0.6) is 0 Å². The van der Waals surface area contributed by atoms with Crippen molar-refractivity contribution in [1.29, 1.82) is 0 Å². The monoisotopic (exact) mass is 288 g/mol. The molecule has 0 atom stereocenters. The Bertz CT molecular complexity index is 323. The van der Waals surface area contributed by atoms with Gasteiger partial charge in [0, 0.05) is 39.5 Å². The highest BCUT2D eigenvalue weighted by Crippen LogP contribution is 1.96. The number of amides is 2. The summed E-state index contributed by atoms with van der Waals surface area (Å²) in [4.78, 5) is 27.0. The number of nitrogens with one attached hydrogen (secondary N) is 1. The van der Waals surface area contributed by atoms with Gasteiger partial charge in [0.25, 0.3) is 0 Å². The Labute approximate surface area is 120 Å². The minimum atomic E-state index is -0.0284. The van der Waals surface area contributed by atoms with E-state index >= 15 is 0 Å². The third kappa shape index (κ3) is 9.38. The SMILES string of the molecule is CCNC(=O)CN(C)CCC(=O)N(C)CCC(N)=S. The molecular weight excluding hydrogens is 264 g/mol. The molecule has 7 heteroatoms. The molecule has 0 saturated heterocycles. The summed E-state index contributed by atoms with van der Waals surface area (Å²) < 4.78 is 0. The Morgan fingerprint density at radius 3 is 2.37 bits per heavy atom. The number of rotatable bonds is 9. The first-order valence-electron chi connectivity index (χ1n) is 6.34. The van der Waals surface area contributed by atoms with Crippen molar-refractivity contribution in [3.8, 4) is 0 Å². The van der Waals surface area contributed by atoms with Crippen LogP contribution in [0.3, 0.4) is 0 Å². The van der Waals surface area contributed by atoms with E-state index in [1.165, 1.54) is 0 Å². The Morgan fingerprint density at radius 1 is 1.21 bits per heavy atom. The van der Waals surface area contributed by atoms with Crippen molar-refractivity contribution >= 4 is 29.0 Å². The van der Waals surface area contributed by atoms with Gasteiger partial charge < -0.3 is 16.0 Å². The summed E-state index contributed by atoms with van der Waals surface area (Å²) >= 11 is 4.77. The molecule has 0 aromatic rings. The Morgan fingerprint density at radius 2 is 1.84 bits per heavy atom. The standard InChI is InChI=1S/C12H24N4O2S/c1-4-14-11(17)9-15(2)7-6-12(18)16(3)8-5-10(13)19/h4-9H2,1-3H3,(H2,13,19)(H,14,17). The summed E-state index contributed by atoms with van der Waals surface area (Å²) in [6.45, 7) is 3.88. The van der Waals surface area contributed by atoms with Gasteiger partial charge in [0.15, 0.2) is 0 Å². The van der Waals surface area contributed by atoms with Crippen molar-refractivity contribution in [3.63, 3.8) is 0 Å². The van der Waals surface area contributed by atoms with Gasteiger partial charge in [-0.15, -0.1) is 0 Å². The van der Waals surface area contributed by atoms with E-state index in [-0.39, 0.29) is 11.8 Å². The fraction of sp³-hybridized carbons (Fsp3) is 0.750. The van der Waals surface area contributed by atoms with Gasteiger partial charge in [0.1, 0.15) is 0 Å². The van der Waals surface area contributed by atoms with Crippen LogP contribution in [-0.4, -0.2) is 66.9 Å². The van der Waals surface area contributed by atoms with Crippen molar-refractivity contribution in [2.45, 2.75) is 19.8 Å². The van der Waals surface area contributed by atoms with Gasteiger partial charge in [-0.3, -0.25) is 14.5 Å². The van der Waals surface area contributed by atoms with Crippen LogP contribution in [0.1, 0.15) is 19.8 Å². The summed E-state index contributed by atoms with van der Waals surface area (Å²) in [5, 5.41) is 2.72. The van der Waals surface area contributed by atoms with Crippen LogP contribution in [0.25, 0.3) is 0 Å².